The van der Waals surface area contributed by atoms with Crippen LogP contribution in [0, 0.1) is 0 Å². The van der Waals surface area contributed by atoms with Crippen molar-refractivity contribution in [3.05, 3.63) is 101 Å². The summed E-state index contributed by atoms with van der Waals surface area (Å²) in [5.41, 5.74) is 1.61. The maximum atomic E-state index is 13.4. The van der Waals surface area contributed by atoms with E-state index in [9.17, 15) is 8.42 Å². The monoisotopic (exact) mass is 439 g/mol. The highest BCUT2D eigenvalue weighted by molar-refractivity contribution is 7.89. The molecule has 1 aromatic heterocycles. The summed E-state index contributed by atoms with van der Waals surface area (Å²) in [6.07, 6.45) is 0. The molecule has 0 aliphatic heterocycles. The molecular weight excluding hydrogens is 422 g/mol. The summed E-state index contributed by atoms with van der Waals surface area (Å²) in [6, 6.07) is 24.8. The highest BCUT2D eigenvalue weighted by Gasteiger charge is 2.27. The number of nitrogens with zero attached hydrogens (tertiary/aromatic N) is 5. The van der Waals surface area contributed by atoms with E-state index >= 15 is 0 Å². The highest BCUT2D eigenvalue weighted by atomic mass is 35.5. The molecule has 0 saturated heterocycles. The summed E-state index contributed by atoms with van der Waals surface area (Å²) in [6.45, 7) is 0.176. The third-order valence-corrected chi connectivity index (χ3v) is 6.56. The largest absolute Gasteiger partial charge is 0.243 e. The van der Waals surface area contributed by atoms with Gasteiger partial charge in [-0.2, -0.15) is 8.99 Å². The van der Waals surface area contributed by atoms with Gasteiger partial charge in [0.1, 0.15) is 0 Å². The van der Waals surface area contributed by atoms with Crippen molar-refractivity contribution in [2.45, 2.75) is 18.0 Å². The molecule has 0 spiro atoms. The Bertz CT molecular complexity index is 1210. The number of para-hydroxylation sites is 1. The van der Waals surface area contributed by atoms with Crippen molar-refractivity contribution in [1.82, 2.24) is 24.5 Å². The second-order valence-corrected chi connectivity index (χ2v) is 8.93. The maximum Gasteiger partial charge on any atom is 0.243 e. The van der Waals surface area contributed by atoms with Crippen LogP contribution in [0.3, 0.4) is 0 Å². The van der Waals surface area contributed by atoms with Gasteiger partial charge in [-0.05, 0) is 52.4 Å². The van der Waals surface area contributed by atoms with Crippen molar-refractivity contribution in [3.63, 3.8) is 0 Å². The average Bonchev–Trinajstić information content (AvgIpc) is 3.23. The molecule has 152 valence electrons. The fraction of sp³-hybridized carbons (Fsp3) is 0.0952. The summed E-state index contributed by atoms with van der Waals surface area (Å²) in [7, 11) is -3.83. The van der Waals surface area contributed by atoms with E-state index in [0.29, 0.717) is 10.8 Å². The molecule has 0 radical (unpaired) electrons. The van der Waals surface area contributed by atoms with E-state index in [-0.39, 0.29) is 18.0 Å². The van der Waals surface area contributed by atoms with Gasteiger partial charge >= 0.3 is 0 Å². The maximum absolute atomic E-state index is 13.4. The van der Waals surface area contributed by atoms with Crippen LogP contribution in [-0.4, -0.2) is 32.9 Å². The summed E-state index contributed by atoms with van der Waals surface area (Å²) in [5, 5.41) is 12.3. The van der Waals surface area contributed by atoms with Crippen LogP contribution in [0.1, 0.15) is 11.4 Å². The minimum Gasteiger partial charge on any atom is -0.207 e. The lowest BCUT2D eigenvalue weighted by atomic mass is 10.2. The molecule has 7 nitrogen and oxygen atoms in total. The van der Waals surface area contributed by atoms with Crippen LogP contribution in [0.2, 0.25) is 5.02 Å². The standard InChI is InChI=1S/C21H18ClN5O2S/c22-18-11-13-20(14-12-18)30(28,29)26(15-17-7-3-1-4-8-17)16-21-23-24-25-27(21)19-9-5-2-6-10-19/h1-14H,15-16H2. The topological polar surface area (TPSA) is 81.0 Å². The molecule has 4 rings (SSSR count). The molecule has 0 amide bonds. The molecular formula is C21H18ClN5O2S. The zero-order valence-electron chi connectivity index (χ0n) is 15.8. The predicted octanol–water partition coefficient (Wildman–Crippen LogP) is 3.71. The van der Waals surface area contributed by atoms with E-state index in [2.05, 4.69) is 15.5 Å². The van der Waals surface area contributed by atoms with Crippen LogP contribution in [0.5, 0.6) is 0 Å². The Labute approximate surface area is 179 Å². The van der Waals surface area contributed by atoms with E-state index in [4.69, 9.17) is 11.6 Å². The minimum absolute atomic E-state index is 0.00173. The van der Waals surface area contributed by atoms with Crippen molar-refractivity contribution in [3.8, 4) is 5.69 Å². The smallest absolute Gasteiger partial charge is 0.207 e. The molecule has 3 aromatic carbocycles. The van der Waals surface area contributed by atoms with E-state index in [1.165, 1.54) is 21.1 Å². The molecule has 0 fully saturated rings. The molecule has 30 heavy (non-hydrogen) atoms. The van der Waals surface area contributed by atoms with Crippen LogP contribution >= 0.6 is 11.6 Å². The quantitative estimate of drug-likeness (QED) is 0.438. The number of rotatable bonds is 7. The molecule has 0 bridgehead atoms. The molecule has 0 aliphatic rings. The second-order valence-electron chi connectivity index (χ2n) is 6.56. The Morgan fingerprint density at radius 1 is 0.833 bits per heavy atom. The molecule has 1 heterocycles. The molecule has 0 atom stereocenters. The first-order valence-electron chi connectivity index (χ1n) is 9.16. The molecule has 9 heteroatoms. The Morgan fingerprint density at radius 2 is 1.47 bits per heavy atom. The minimum atomic E-state index is -3.83. The first kappa shape index (κ1) is 20.2. The van der Waals surface area contributed by atoms with Crippen LogP contribution < -0.4 is 0 Å². The summed E-state index contributed by atoms with van der Waals surface area (Å²) in [5.74, 6) is 0.412. The van der Waals surface area contributed by atoms with Gasteiger partial charge in [-0.3, -0.25) is 0 Å². The zero-order valence-corrected chi connectivity index (χ0v) is 17.4. The van der Waals surface area contributed by atoms with Gasteiger partial charge in [-0.15, -0.1) is 5.10 Å². The van der Waals surface area contributed by atoms with Crippen molar-refractivity contribution >= 4 is 21.6 Å². The van der Waals surface area contributed by atoms with Crippen LogP contribution in [0.15, 0.2) is 89.8 Å². The van der Waals surface area contributed by atoms with Crippen molar-refractivity contribution in [2.24, 2.45) is 0 Å². The normalized spacial score (nSPS) is 11.7. The van der Waals surface area contributed by atoms with Crippen molar-refractivity contribution < 1.29 is 8.42 Å². The second kappa shape index (κ2) is 8.74. The van der Waals surface area contributed by atoms with E-state index in [1.54, 1.807) is 12.1 Å². The Kier molecular flexibility index (Phi) is 5.89. The van der Waals surface area contributed by atoms with E-state index < -0.39 is 10.0 Å². The molecule has 4 aromatic rings. The molecule has 0 saturated carbocycles. The lowest BCUT2D eigenvalue weighted by Gasteiger charge is -2.22. The third kappa shape index (κ3) is 4.40. The predicted molar refractivity (Wildman–Crippen MR) is 113 cm³/mol. The lowest BCUT2D eigenvalue weighted by molar-refractivity contribution is 0.388. The van der Waals surface area contributed by atoms with E-state index in [1.807, 2.05) is 60.7 Å². The number of aromatic nitrogens is 4. The first-order chi connectivity index (χ1) is 14.5. The fourth-order valence-corrected chi connectivity index (χ4v) is 4.51. The van der Waals surface area contributed by atoms with Gasteiger partial charge in [0.25, 0.3) is 0 Å². The number of hydrogen-bond acceptors (Lipinski definition) is 5. The van der Waals surface area contributed by atoms with E-state index in [0.717, 1.165) is 11.3 Å². The zero-order chi connectivity index (χ0) is 21.0. The van der Waals surface area contributed by atoms with Gasteiger partial charge in [0.2, 0.25) is 10.0 Å². The number of halogens is 1. The highest BCUT2D eigenvalue weighted by Crippen LogP contribution is 2.22. The van der Waals surface area contributed by atoms with Gasteiger partial charge in [0, 0.05) is 11.6 Å². The van der Waals surface area contributed by atoms with Gasteiger partial charge in [0.05, 0.1) is 17.1 Å². The van der Waals surface area contributed by atoms with Crippen LogP contribution in [0.4, 0.5) is 0 Å². The number of tetrazole rings is 1. The van der Waals surface area contributed by atoms with Crippen molar-refractivity contribution in [1.29, 1.82) is 0 Å². The Hall–Kier alpha value is -3.07. The Balaban J connectivity index is 1.72. The third-order valence-electron chi connectivity index (χ3n) is 4.51. The average molecular weight is 440 g/mol. The van der Waals surface area contributed by atoms with Crippen molar-refractivity contribution in [2.75, 3.05) is 0 Å². The SMILES string of the molecule is O=S(=O)(c1ccc(Cl)cc1)N(Cc1ccccc1)Cc1nnnn1-c1ccccc1. The number of hydrogen-bond donors (Lipinski definition) is 0. The molecule has 0 N–H and O–H groups in total. The van der Waals surface area contributed by atoms with Crippen LogP contribution in [0.25, 0.3) is 5.69 Å². The van der Waals surface area contributed by atoms with Crippen LogP contribution in [-0.2, 0) is 23.1 Å². The summed E-state index contributed by atoms with van der Waals surface area (Å²) >= 11 is 5.94. The molecule has 0 aliphatic carbocycles. The fourth-order valence-electron chi connectivity index (χ4n) is 3.00. The Morgan fingerprint density at radius 3 is 2.13 bits per heavy atom. The van der Waals surface area contributed by atoms with Gasteiger partial charge < -0.3 is 0 Å². The van der Waals surface area contributed by atoms with Gasteiger partial charge in [-0.1, -0.05) is 60.1 Å². The lowest BCUT2D eigenvalue weighted by Crippen LogP contribution is -2.31. The van der Waals surface area contributed by atoms with Gasteiger partial charge in [-0.25, -0.2) is 8.42 Å². The summed E-state index contributed by atoms with van der Waals surface area (Å²) < 4.78 is 29.7. The van der Waals surface area contributed by atoms with Gasteiger partial charge in [0.15, 0.2) is 5.82 Å². The molecule has 0 unspecified atom stereocenters. The number of benzene rings is 3. The summed E-state index contributed by atoms with van der Waals surface area (Å²) in [4.78, 5) is 0.154. The number of sulfonamides is 1. The first-order valence-corrected chi connectivity index (χ1v) is 11.0.